The first kappa shape index (κ1) is 14.5. The quantitative estimate of drug-likeness (QED) is 0.847. The number of nitrogens with zero attached hydrogens (tertiary/aromatic N) is 1. The highest BCUT2D eigenvalue weighted by molar-refractivity contribution is 5.99. The van der Waals surface area contributed by atoms with E-state index in [1.165, 1.54) is 5.56 Å². The second kappa shape index (κ2) is 5.20. The monoisotopic (exact) mass is 313 g/mol. The molecule has 2 bridgehead atoms. The lowest BCUT2D eigenvalue weighted by molar-refractivity contribution is -0.146. The smallest absolute Gasteiger partial charge is 0.310 e. The number of hydrogen-bond acceptors (Lipinski definition) is 3. The van der Waals surface area contributed by atoms with Gasteiger partial charge in [0.2, 0.25) is 5.91 Å². The Labute approximate surface area is 134 Å². The Morgan fingerprint density at radius 3 is 2.70 bits per heavy atom. The maximum atomic E-state index is 13.1. The average Bonchev–Trinajstić information content (AvgIpc) is 3.14. The zero-order chi connectivity index (χ0) is 16.1. The number of aliphatic carboxylic acids is 1. The van der Waals surface area contributed by atoms with E-state index in [-0.39, 0.29) is 5.91 Å². The molecule has 0 radical (unpaired) electrons. The van der Waals surface area contributed by atoms with E-state index in [4.69, 9.17) is 4.74 Å². The van der Waals surface area contributed by atoms with Crippen molar-refractivity contribution in [1.82, 2.24) is 0 Å². The van der Waals surface area contributed by atoms with Gasteiger partial charge in [-0.15, -0.1) is 0 Å². The fraction of sp³-hybridized carbons (Fsp3) is 0.444. The Kier molecular flexibility index (Phi) is 3.27. The van der Waals surface area contributed by atoms with E-state index in [9.17, 15) is 14.7 Å². The highest BCUT2D eigenvalue weighted by Crippen LogP contribution is 2.41. The normalized spacial score (nSPS) is 31.3. The van der Waals surface area contributed by atoms with E-state index in [0.717, 1.165) is 24.1 Å². The van der Waals surface area contributed by atoms with E-state index >= 15 is 0 Å². The number of rotatable bonds is 2. The zero-order valence-electron chi connectivity index (χ0n) is 12.9. The number of anilines is 1. The second-order valence-electron chi connectivity index (χ2n) is 6.57. The van der Waals surface area contributed by atoms with Crippen LogP contribution in [0.4, 0.5) is 5.69 Å². The van der Waals surface area contributed by atoms with Crippen molar-refractivity contribution in [1.29, 1.82) is 0 Å². The van der Waals surface area contributed by atoms with Crippen molar-refractivity contribution in [3.05, 3.63) is 41.5 Å². The zero-order valence-corrected chi connectivity index (χ0v) is 12.9. The molecule has 1 aromatic carbocycles. The predicted octanol–water partition coefficient (Wildman–Crippen LogP) is 1.93. The number of hydrogen-bond donors (Lipinski definition) is 1. The van der Waals surface area contributed by atoms with Crippen molar-refractivity contribution in [3.8, 4) is 0 Å². The SMILES string of the molecule is Cc1ccc2c(c1)CCCN2C(=O)[C@@H]1[C@@H](C(=O)O)[C@@H]2C=C[C@@H]1O2. The van der Waals surface area contributed by atoms with Crippen LogP contribution >= 0.6 is 0 Å². The summed E-state index contributed by atoms with van der Waals surface area (Å²) >= 11 is 0. The van der Waals surface area contributed by atoms with Gasteiger partial charge in [-0.05, 0) is 31.4 Å². The highest BCUT2D eigenvalue weighted by Gasteiger charge is 2.54. The number of carbonyl (C=O) groups is 2. The van der Waals surface area contributed by atoms with Gasteiger partial charge in [0, 0.05) is 12.2 Å². The van der Waals surface area contributed by atoms with Gasteiger partial charge in [0.05, 0.1) is 18.1 Å². The maximum absolute atomic E-state index is 13.1. The van der Waals surface area contributed by atoms with Crippen molar-refractivity contribution in [2.75, 3.05) is 11.4 Å². The van der Waals surface area contributed by atoms with Crippen LogP contribution in [0.25, 0.3) is 0 Å². The van der Waals surface area contributed by atoms with Crippen LogP contribution in [0.2, 0.25) is 0 Å². The molecule has 0 spiro atoms. The van der Waals surface area contributed by atoms with E-state index in [1.54, 1.807) is 11.0 Å². The maximum Gasteiger partial charge on any atom is 0.310 e. The number of fused-ring (bicyclic) bond motifs is 3. The van der Waals surface area contributed by atoms with Gasteiger partial charge in [-0.3, -0.25) is 9.59 Å². The fourth-order valence-corrected chi connectivity index (χ4v) is 4.03. The number of aryl methyl sites for hydroxylation is 2. The summed E-state index contributed by atoms with van der Waals surface area (Å²) in [4.78, 5) is 26.5. The van der Waals surface area contributed by atoms with Crippen LogP contribution in [0.1, 0.15) is 17.5 Å². The molecule has 0 aliphatic carbocycles. The van der Waals surface area contributed by atoms with E-state index in [1.807, 2.05) is 25.1 Å². The molecule has 23 heavy (non-hydrogen) atoms. The molecule has 0 unspecified atom stereocenters. The van der Waals surface area contributed by atoms with Gasteiger partial charge in [-0.1, -0.05) is 29.8 Å². The molecule has 5 nitrogen and oxygen atoms in total. The molecule has 5 heteroatoms. The third kappa shape index (κ3) is 2.18. The summed E-state index contributed by atoms with van der Waals surface area (Å²) < 4.78 is 5.64. The predicted molar refractivity (Wildman–Crippen MR) is 84.3 cm³/mol. The molecule has 3 aliphatic heterocycles. The minimum Gasteiger partial charge on any atom is -0.481 e. The van der Waals surface area contributed by atoms with Crippen LogP contribution in [0.5, 0.6) is 0 Å². The van der Waals surface area contributed by atoms with E-state index in [2.05, 4.69) is 6.07 Å². The molecule has 1 saturated heterocycles. The van der Waals surface area contributed by atoms with Crippen LogP contribution in [0.3, 0.4) is 0 Å². The van der Waals surface area contributed by atoms with Crippen LogP contribution in [-0.4, -0.2) is 35.7 Å². The summed E-state index contributed by atoms with van der Waals surface area (Å²) in [6.45, 7) is 2.68. The minimum atomic E-state index is -0.957. The molecular formula is C18H19NO4. The van der Waals surface area contributed by atoms with Crippen molar-refractivity contribution in [2.24, 2.45) is 11.8 Å². The highest BCUT2D eigenvalue weighted by atomic mass is 16.5. The Morgan fingerprint density at radius 1 is 1.22 bits per heavy atom. The van der Waals surface area contributed by atoms with Gasteiger partial charge in [0.15, 0.2) is 0 Å². The first-order valence-electron chi connectivity index (χ1n) is 8.04. The number of carboxylic acids is 1. The summed E-state index contributed by atoms with van der Waals surface area (Å²) in [6, 6.07) is 6.08. The van der Waals surface area contributed by atoms with Crippen molar-refractivity contribution in [3.63, 3.8) is 0 Å². The van der Waals surface area contributed by atoms with E-state index < -0.39 is 30.0 Å². The molecular weight excluding hydrogens is 294 g/mol. The molecule has 0 saturated carbocycles. The largest absolute Gasteiger partial charge is 0.481 e. The summed E-state index contributed by atoms with van der Waals surface area (Å²) in [5.74, 6) is -2.50. The van der Waals surface area contributed by atoms with Gasteiger partial charge in [0.1, 0.15) is 5.92 Å². The third-order valence-electron chi connectivity index (χ3n) is 5.09. The summed E-state index contributed by atoms with van der Waals surface area (Å²) in [6.07, 6.45) is 4.55. The molecule has 1 N–H and O–H groups in total. The third-order valence-corrected chi connectivity index (χ3v) is 5.09. The Bertz CT molecular complexity index is 711. The van der Waals surface area contributed by atoms with Crippen molar-refractivity contribution >= 4 is 17.6 Å². The van der Waals surface area contributed by atoms with Gasteiger partial charge in [-0.2, -0.15) is 0 Å². The lowest BCUT2D eigenvalue weighted by Crippen LogP contribution is -2.46. The van der Waals surface area contributed by atoms with Crippen LogP contribution in [0, 0.1) is 18.8 Å². The lowest BCUT2D eigenvalue weighted by Gasteiger charge is -2.33. The molecule has 1 aromatic rings. The second-order valence-corrected chi connectivity index (χ2v) is 6.57. The average molecular weight is 313 g/mol. The standard InChI is InChI=1S/C18H19NO4/c1-10-4-5-12-11(9-10)3-2-8-19(12)17(20)15-13-6-7-14(23-13)16(15)18(21)22/h4-7,9,13-16H,2-3,8H2,1H3,(H,21,22)/t13-,14-,15-,16-/m0/s1. The molecule has 4 rings (SSSR count). The van der Waals surface area contributed by atoms with E-state index in [0.29, 0.717) is 6.54 Å². The molecule has 0 aromatic heterocycles. The molecule has 3 aliphatic rings. The van der Waals surface area contributed by atoms with Gasteiger partial charge < -0.3 is 14.7 Å². The van der Waals surface area contributed by atoms with Crippen LogP contribution < -0.4 is 4.90 Å². The van der Waals surface area contributed by atoms with Gasteiger partial charge in [0.25, 0.3) is 0 Å². The van der Waals surface area contributed by atoms with Gasteiger partial charge in [-0.25, -0.2) is 0 Å². The summed E-state index contributed by atoms with van der Waals surface area (Å²) in [5, 5.41) is 9.50. The molecule has 120 valence electrons. The fourth-order valence-electron chi connectivity index (χ4n) is 4.03. The Hall–Kier alpha value is -2.14. The first-order valence-corrected chi connectivity index (χ1v) is 8.04. The summed E-state index contributed by atoms with van der Waals surface area (Å²) in [7, 11) is 0. The van der Waals surface area contributed by atoms with Crippen LogP contribution in [0.15, 0.2) is 30.4 Å². The lowest BCUT2D eigenvalue weighted by atomic mass is 9.81. The number of carbonyl (C=O) groups excluding carboxylic acids is 1. The van der Waals surface area contributed by atoms with Crippen LogP contribution in [-0.2, 0) is 20.7 Å². The number of ether oxygens (including phenoxy) is 1. The minimum absolute atomic E-state index is 0.126. The topological polar surface area (TPSA) is 66.8 Å². The van der Waals surface area contributed by atoms with Gasteiger partial charge >= 0.3 is 5.97 Å². The number of amides is 1. The summed E-state index contributed by atoms with van der Waals surface area (Å²) in [5.41, 5.74) is 3.26. The number of carboxylic acid groups (broad SMARTS) is 1. The molecule has 1 fully saturated rings. The molecule has 3 heterocycles. The Balaban J connectivity index is 1.68. The van der Waals surface area contributed by atoms with Crippen molar-refractivity contribution in [2.45, 2.75) is 32.0 Å². The Morgan fingerprint density at radius 2 is 1.96 bits per heavy atom. The molecule has 4 atom stereocenters. The van der Waals surface area contributed by atoms with Crippen molar-refractivity contribution < 1.29 is 19.4 Å². The first-order chi connectivity index (χ1) is 11.1. The number of benzene rings is 1. The molecule has 1 amide bonds.